The number of nitrogens with one attached hydrogen (secondary N) is 1. The Kier molecular flexibility index (Phi) is 4.21. The highest BCUT2D eigenvalue weighted by atomic mass is 16.2. The Balaban J connectivity index is 1.73. The van der Waals surface area contributed by atoms with Gasteiger partial charge in [-0.15, -0.1) is 0 Å². The summed E-state index contributed by atoms with van der Waals surface area (Å²) < 4.78 is 0. The Labute approximate surface area is 154 Å². The molecular weight excluding hydrogens is 320 g/mol. The standard InChI is InChI=1S/C23H22N2O/c1-16-12-14-19(15-13-16)24-22-20-10-6-7-11-21(20)23(26)25(22)17(2)18-8-4-3-5-9-18/h3-15,17,22,24H,1-2H3/t17-,22-/m0/s1. The van der Waals surface area contributed by atoms with Gasteiger partial charge in [0.2, 0.25) is 0 Å². The van der Waals surface area contributed by atoms with Crippen LogP contribution in [0.2, 0.25) is 0 Å². The zero-order chi connectivity index (χ0) is 18.1. The number of carbonyl (C=O) groups excluding carboxylic acids is 1. The van der Waals surface area contributed by atoms with Crippen molar-refractivity contribution in [3.63, 3.8) is 0 Å². The number of rotatable bonds is 4. The molecule has 1 aliphatic rings. The third-order valence-electron chi connectivity index (χ3n) is 5.05. The molecule has 0 spiro atoms. The molecule has 0 bridgehead atoms. The number of carbonyl (C=O) groups is 1. The predicted molar refractivity (Wildman–Crippen MR) is 105 cm³/mol. The summed E-state index contributed by atoms with van der Waals surface area (Å²) in [6, 6.07) is 26.3. The number of amides is 1. The molecule has 1 amide bonds. The van der Waals surface area contributed by atoms with Gasteiger partial charge in [0.05, 0.1) is 6.04 Å². The van der Waals surface area contributed by atoms with Crippen molar-refractivity contribution in [2.75, 3.05) is 5.32 Å². The topological polar surface area (TPSA) is 32.3 Å². The molecule has 0 fully saturated rings. The Hall–Kier alpha value is -3.07. The van der Waals surface area contributed by atoms with Gasteiger partial charge in [-0.25, -0.2) is 0 Å². The number of nitrogens with zero attached hydrogens (tertiary/aromatic N) is 1. The summed E-state index contributed by atoms with van der Waals surface area (Å²) >= 11 is 0. The molecule has 0 aliphatic carbocycles. The summed E-state index contributed by atoms with van der Waals surface area (Å²) in [5, 5.41) is 3.56. The molecule has 26 heavy (non-hydrogen) atoms. The molecule has 0 unspecified atom stereocenters. The zero-order valence-corrected chi connectivity index (χ0v) is 15.0. The highest BCUT2D eigenvalue weighted by molar-refractivity contribution is 5.99. The van der Waals surface area contributed by atoms with Crippen molar-refractivity contribution in [2.24, 2.45) is 0 Å². The lowest BCUT2D eigenvalue weighted by molar-refractivity contribution is 0.0667. The van der Waals surface area contributed by atoms with E-state index in [4.69, 9.17) is 0 Å². The van der Waals surface area contributed by atoms with Crippen molar-refractivity contribution >= 4 is 11.6 Å². The van der Waals surface area contributed by atoms with Crippen molar-refractivity contribution < 1.29 is 4.79 Å². The van der Waals surface area contributed by atoms with Gasteiger partial charge < -0.3 is 10.2 Å². The minimum Gasteiger partial charge on any atom is -0.361 e. The smallest absolute Gasteiger partial charge is 0.256 e. The molecule has 2 atom stereocenters. The molecule has 3 aromatic carbocycles. The number of hydrogen-bond donors (Lipinski definition) is 1. The lowest BCUT2D eigenvalue weighted by atomic mass is 10.1. The van der Waals surface area contributed by atoms with E-state index in [1.54, 1.807) is 0 Å². The highest BCUT2D eigenvalue weighted by Crippen LogP contribution is 2.40. The second-order valence-electron chi connectivity index (χ2n) is 6.80. The van der Waals surface area contributed by atoms with Crippen LogP contribution in [0.5, 0.6) is 0 Å². The predicted octanol–water partition coefficient (Wildman–Crippen LogP) is 5.32. The van der Waals surface area contributed by atoms with Crippen molar-refractivity contribution in [3.05, 3.63) is 101 Å². The quantitative estimate of drug-likeness (QED) is 0.696. The van der Waals surface area contributed by atoms with Gasteiger partial charge in [-0.2, -0.15) is 0 Å². The maximum Gasteiger partial charge on any atom is 0.256 e. The number of hydrogen-bond acceptors (Lipinski definition) is 2. The molecule has 0 aromatic heterocycles. The van der Waals surface area contributed by atoms with Gasteiger partial charge in [0, 0.05) is 16.8 Å². The Morgan fingerprint density at radius 2 is 1.54 bits per heavy atom. The third-order valence-corrected chi connectivity index (χ3v) is 5.05. The molecule has 1 heterocycles. The van der Waals surface area contributed by atoms with Crippen LogP contribution in [0.15, 0.2) is 78.9 Å². The molecule has 1 aliphatic heterocycles. The largest absolute Gasteiger partial charge is 0.361 e. The van der Waals surface area contributed by atoms with Gasteiger partial charge in [0.25, 0.3) is 5.91 Å². The van der Waals surface area contributed by atoms with Crippen molar-refractivity contribution in [1.82, 2.24) is 4.90 Å². The first-order valence-electron chi connectivity index (χ1n) is 8.95. The van der Waals surface area contributed by atoms with E-state index in [1.807, 2.05) is 47.4 Å². The van der Waals surface area contributed by atoms with Gasteiger partial charge in [-0.3, -0.25) is 4.79 Å². The van der Waals surface area contributed by atoms with Crippen LogP contribution in [0.3, 0.4) is 0 Å². The van der Waals surface area contributed by atoms with E-state index in [-0.39, 0.29) is 18.1 Å². The van der Waals surface area contributed by atoms with Crippen molar-refractivity contribution in [1.29, 1.82) is 0 Å². The Bertz CT molecular complexity index is 918. The molecule has 0 saturated carbocycles. The fourth-order valence-electron chi connectivity index (χ4n) is 3.58. The summed E-state index contributed by atoms with van der Waals surface area (Å²) in [5.41, 5.74) is 5.16. The summed E-state index contributed by atoms with van der Waals surface area (Å²) in [4.78, 5) is 15.1. The van der Waals surface area contributed by atoms with Crippen LogP contribution in [0.4, 0.5) is 5.69 Å². The van der Waals surface area contributed by atoms with E-state index >= 15 is 0 Å². The molecule has 3 aromatic rings. The van der Waals surface area contributed by atoms with E-state index in [0.717, 1.165) is 22.4 Å². The van der Waals surface area contributed by atoms with E-state index in [2.05, 4.69) is 55.6 Å². The minimum atomic E-state index is -0.184. The summed E-state index contributed by atoms with van der Waals surface area (Å²) in [7, 11) is 0. The average Bonchev–Trinajstić information content (AvgIpc) is 2.96. The highest BCUT2D eigenvalue weighted by Gasteiger charge is 2.39. The minimum absolute atomic E-state index is 0.0287. The number of fused-ring (bicyclic) bond motifs is 1. The van der Waals surface area contributed by atoms with Crippen LogP contribution in [0.25, 0.3) is 0 Å². The molecule has 4 rings (SSSR count). The van der Waals surface area contributed by atoms with E-state index in [1.165, 1.54) is 5.56 Å². The third kappa shape index (κ3) is 2.86. The number of anilines is 1. The van der Waals surface area contributed by atoms with Crippen molar-refractivity contribution in [3.8, 4) is 0 Å². The molecule has 130 valence electrons. The second kappa shape index (κ2) is 6.68. The van der Waals surface area contributed by atoms with Gasteiger partial charge in [0.15, 0.2) is 0 Å². The fraction of sp³-hybridized carbons (Fsp3) is 0.174. The van der Waals surface area contributed by atoms with Crippen LogP contribution in [0.1, 0.15) is 46.2 Å². The second-order valence-corrected chi connectivity index (χ2v) is 6.80. The molecule has 0 radical (unpaired) electrons. The maximum absolute atomic E-state index is 13.2. The van der Waals surface area contributed by atoms with Gasteiger partial charge in [-0.05, 0) is 37.6 Å². The number of benzene rings is 3. The average molecular weight is 342 g/mol. The summed E-state index contributed by atoms with van der Waals surface area (Å²) in [6.07, 6.45) is -0.184. The Morgan fingerprint density at radius 1 is 0.885 bits per heavy atom. The van der Waals surface area contributed by atoms with Gasteiger partial charge >= 0.3 is 0 Å². The van der Waals surface area contributed by atoms with Crippen molar-refractivity contribution in [2.45, 2.75) is 26.1 Å². The SMILES string of the molecule is Cc1ccc(N[C@@H]2c3ccccc3C(=O)N2[C@@H](C)c2ccccc2)cc1. The first-order valence-corrected chi connectivity index (χ1v) is 8.95. The van der Waals surface area contributed by atoms with Crippen LogP contribution < -0.4 is 5.32 Å². The molecular formula is C23H22N2O. The molecule has 0 saturated heterocycles. The summed E-state index contributed by atoms with van der Waals surface area (Å²) in [5.74, 6) is 0.0709. The molecule has 3 heteroatoms. The lowest BCUT2D eigenvalue weighted by Gasteiger charge is -2.32. The Morgan fingerprint density at radius 3 is 2.27 bits per heavy atom. The van der Waals surface area contributed by atoms with E-state index in [9.17, 15) is 4.79 Å². The van der Waals surface area contributed by atoms with Crippen LogP contribution in [0, 0.1) is 6.92 Å². The first kappa shape index (κ1) is 16.4. The van der Waals surface area contributed by atoms with Crippen LogP contribution in [-0.4, -0.2) is 10.8 Å². The fourth-order valence-corrected chi connectivity index (χ4v) is 3.58. The van der Waals surface area contributed by atoms with Gasteiger partial charge in [0.1, 0.15) is 6.17 Å². The number of aryl methyl sites for hydroxylation is 1. The maximum atomic E-state index is 13.2. The van der Waals surface area contributed by atoms with Crippen LogP contribution >= 0.6 is 0 Å². The lowest BCUT2D eigenvalue weighted by Crippen LogP contribution is -2.34. The van der Waals surface area contributed by atoms with Crippen LogP contribution in [-0.2, 0) is 0 Å². The van der Waals surface area contributed by atoms with Gasteiger partial charge in [-0.1, -0.05) is 66.2 Å². The zero-order valence-electron chi connectivity index (χ0n) is 15.0. The monoisotopic (exact) mass is 342 g/mol. The molecule has 3 nitrogen and oxygen atoms in total. The molecule has 1 N–H and O–H groups in total. The van der Waals surface area contributed by atoms with E-state index in [0.29, 0.717) is 0 Å². The first-order chi connectivity index (χ1) is 12.6. The normalized spacial score (nSPS) is 17.1. The van der Waals surface area contributed by atoms with E-state index < -0.39 is 0 Å². The summed E-state index contributed by atoms with van der Waals surface area (Å²) in [6.45, 7) is 4.16.